The fourth-order valence-electron chi connectivity index (χ4n) is 3.33. The van der Waals surface area contributed by atoms with Gasteiger partial charge in [0.25, 0.3) is 5.91 Å². The molecule has 140 valence electrons. The molecule has 2 aromatic heterocycles. The zero-order valence-electron chi connectivity index (χ0n) is 14.9. The van der Waals surface area contributed by atoms with Crippen molar-refractivity contribution in [1.29, 1.82) is 0 Å². The summed E-state index contributed by atoms with van der Waals surface area (Å²) in [6.45, 7) is 2.67. The molecule has 1 aliphatic rings. The molecule has 1 aromatic carbocycles. The molecule has 1 aliphatic heterocycles. The predicted molar refractivity (Wildman–Crippen MR) is 103 cm³/mol. The summed E-state index contributed by atoms with van der Waals surface area (Å²) in [5.74, 6) is 0.283. The minimum Gasteiger partial charge on any atom is -0.380 e. The van der Waals surface area contributed by atoms with Crippen LogP contribution in [0.15, 0.2) is 36.7 Å². The molecule has 0 bridgehead atoms. The minimum atomic E-state index is -0.319. The third-order valence-corrected chi connectivity index (χ3v) is 5.83. The molecule has 0 spiro atoms. The van der Waals surface area contributed by atoms with Crippen molar-refractivity contribution < 1.29 is 13.9 Å². The third kappa shape index (κ3) is 3.38. The summed E-state index contributed by atoms with van der Waals surface area (Å²) in [4.78, 5) is 26.1. The van der Waals surface area contributed by atoms with Gasteiger partial charge in [0.2, 0.25) is 5.95 Å². The van der Waals surface area contributed by atoms with E-state index in [1.807, 2.05) is 6.07 Å². The Morgan fingerprint density at radius 3 is 2.63 bits per heavy atom. The Hall–Kier alpha value is -2.58. The lowest BCUT2D eigenvalue weighted by molar-refractivity contribution is 0.0747. The van der Waals surface area contributed by atoms with Gasteiger partial charge in [-0.15, -0.1) is 11.3 Å². The average Bonchev–Trinajstić information content (AvgIpc) is 3.08. The molecule has 1 fully saturated rings. The number of nitrogens with zero attached hydrogens (tertiary/aromatic N) is 4. The van der Waals surface area contributed by atoms with Gasteiger partial charge in [-0.3, -0.25) is 4.79 Å². The van der Waals surface area contributed by atoms with Crippen molar-refractivity contribution in [3.05, 3.63) is 52.9 Å². The van der Waals surface area contributed by atoms with Gasteiger partial charge >= 0.3 is 0 Å². The molecule has 3 heterocycles. The van der Waals surface area contributed by atoms with E-state index in [9.17, 15) is 9.18 Å². The lowest BCUT2D eigenvalue weighted by Gasteiger charge is -2.34. The van der Waals surface area contributed by atoms with Crippen LogP contribution in [0.1, 0.15) is 15.2 Å². The fourth-order valence-corrected chi connectivity index (χ4v) is 4.52. The second-order valence-corrected chi connectivity index (χ2v) is 7.34. The molecular weight excluding hydrogens is 367 g/mol. The van der Waals surface area contributed by atoms with Gasteiger partial charge in [0.05, 0.1) is 11.5 Å². The summed E-state index contributed by atoms with van der Waals surface area (Å²) in [5, 5.41) is 0.490. The number of anilines is 1. The normalized spacial score (nSPS) is 14.7. The molecule has 0 saturated carbocycles. The van der Waals surface area contributed by atoms with Crippen LogP contribution in [-0.4, -0.2) is 54.1 Å². The van der Waals surface area contributed by atoms with Gasteiger partial charge < -0.3 is 14.5 Å². The maximum absolute atomic E-state index is 14.3. The van der Waals surface area contributed by atoms with Crippen molar-refractivity contribution in [3.63, 3.8) is 0 Å². The SMILES string of the molecule is COCc1c(C(=O)N2CCN(c3ncccn3)CC2)sc2cccc(F)c12. The minimum absolute atomic E-state index is 0.0729. The van der Waals surface area contributed by atoms with Crippen LogP contribution >= 0.6 is 11.3 Å². The summed E-state index contributed by atoms with van der Waals surface area (Å²) < 4.78 is 20.3. The van der Waals surface area contributed by atoms with Crippen LogP contribution in [0.4, 0.5) is 10.3 Å². The number of hydrogen-bond acceptors (Lipinski definition) is 6. The summed E-state index contributed by atoms with van der Waals surface area (Å²) in [7, 11) is 1.55. The highest BCUT2D eigenvalue weighted by Crippen LogP contribution is 2.34. The van der Waals surface area contributed by atoms with Crippen LogP contribution in [0.25, 0.3) is 10.1 Å². The van der Waals surface area contributed by atoms with E-state index in [1.165, 1.54) is 17.4 Å². The van der Waals surface area contributed by atoms with Crippen molar-refractivity contribution >= 4 is 33.3 Å². The predicted octanol–water partition coefficient (Wildman–Crippen LogP) is 2.94. The van der Waals surface area contributed by atoms with Crippen molar-refractivity contribution in [2.75, 3.05) is 38.2 Å². The van der Waals surface area contributed by atoms with Gasteiger partial charge in [-0.2, -0.15) is 0 Å². The molecule has 8 heteroatoms. The number of ether oxygens (including phenoxy) is 1. The van der Waals surface area contributed by atoms with Crippen LogP contribution in [0.5, 0.6) is 0 Å². The Bertz CT molecular complexity index is 955. The van der Waals surface area contributed by atoms with E-state index in [1.54, 1.807) is 36.5 Å². The van der Waals surface area contributed by atoms with Crippen LogP contribution in [-0.2, 0) is 11.3 Å². The van der Waals surface area contributed by atoms with Crippen molar-refractivity contribution in [3.8, 4) is 0 Å². The van der Waals surface area contributed by atoms with Gasteiger partial charge in [-0.25, -0.2) is 14.4 Å². The first-order valence-corrected chi connectivity index (χ1v) is 9.50. The molecule has 0 atom stereocenters. The first-order valence-electron chi connectivity index (χ1n) is 8.69. The number of carbonyl (C=O) groups is 1. The summed E-state index contributed by atoms with van der Waals surface area (Å²) in [5.41, 5.74) is 0.634. The van der Waals surface area contributed by atoms with Crippen LogP contribution in [0.2, 0.25) is 0 Å². The Labute approximate surface area is 160 Å². The first kappa shape index (κ1) is 17.8. The van der Waals surface area contributed by atoms with Crippen molar-refractivity contribution in [1.82, 2.24) is 14.9 Å². The smallest absolute Gasteiger partial charge is 0.264 e. The maximum atomic E-state index is 14.3. The molecule has 4 rings (SSSR count). The second-order valence-electron chi connectivity index (χ2n) is 6.28. The highest BCUT2D eigenvalue weighted by Gasteiger charge is 2.28. The number of piperazine rings is 1. The molecule has 6 nitrogen and oxygen atoms in total. The van der Waals surface area contributed by atoms with Crippen LogP contribution < -0.4 is 4.90 Å². The Morgan fingerprint density at radius 1 is 1.19 bits per heavy atom. The number of amides is 1. The number of halogens is 1. The summed E-state index contributed by atoms with van der Waals surface area (Å²) in [6.07, 6.45) is 3.42. The standard InChI is InChI=1S/C19H19FN4O2S/c1-26-12-13-16-14(20)4-2-5-15(16)27-17(13)18(25)23-8-10-24(11-9-23)19-21-6-3-7-22-19/h2-7H,8-12H2,1H3. The van der Waals surface area contributed by atoms with Crippen molar-refractivity contribution in [2.45, 2.75) is 6.61 Å². The Morgan fingerprint density at radius 2 is 1.93 bits per heavy atom. The number of fused-ring (bicyclic) bond motifs is 1. The van der Waals surface area contributed by atoms with Gasteiger partial charge in [0.15, 0.2) is 0 Å². The molecule has 0 unspecified atom stereocenters. The Kier molecular flexibility index (Phi) is 5.00. The van der Waals surface area contributed by atoms with Gasteiger partial charge in [-0.1, -0.05) is 6.07 Å². The first-order chi connectivity index (χ1) is 13.2. The maximum Gasteiger partial charge on any atom is 0.264 e. The number of thiophene rings is 1. The average molecular weight is 386 g/mol. The zero-order chi connectivity index (χ0) is 18.8. The van der Waals surface area contributed by atoms with Gasteiger partial charge in [0, 0.05) is 61.3 Å². The van der Waals surface area contributed by atoms with Crippen LogP contribution in [0.3, 0.4) is 0 Å². The summed E-state index contributed by atoms with van der Waals surface area (Å²) in [6, 6.07) is 6.70. The molecule has 0 aliphatic carbocycles. The topological polar surface area (TPSA) is 58.6 Å². The number of carbonyl (C=O) groups excluding carboxylic acids is 1. The van der Waals surface area contributed by atoms with E-state index >= 15 is 0 Å². The molecule has 0 radical (unpaired) electrons. The van der Waals surface area contributed by atoms with Gasteiger partial charge in [0.1, 0.15) is 5.82 Å². The van der Waals surface area contributed by atoms with E-state index in [0.717, 1.165) is 4.70 Å². The van der Waals surface area contributed by atoms with E-state index in [4.69, 9.17) is 4.74 Å². The quantitative estimate of drug-likeness (QED) is 0.690. The molecule has 1 saturated heterocycles. The Balaban J connectivity index is 1.57. The van der Waals surface area contributed by atoms with Crippen LogP contribution in [0, 0.1) is 5.82 Å². The third-order valence-electron chi connectivity index (χ3n) is 4.65. The largest absolute Gasteiger partial charge is 0.380 e. The van der Waals surface area contributed by atoms with Crippen molar-refractivity contribution in [2.24, 2.45) is 0 Å². The molecule has 0 N–H and O–H groups in total. The lowest BCUT2D eigenvalue weighted by Crippen LogP contribution is -2.49. The van der Waals surface area contributed by atoms with Gasteiger partial charge in [-0.05, 0) is 18.2 Å². The highest BCUT2D eigenvalue weighted by molar-refractivity contribution is 7.21. The fraction of sp³-hybridized carbons (Fsp3) is 0.316. The monoisotopic (exact) mass is 386 g/mol. The van der Waals surface area contributed by atoms with E-state index in [0.29, 0.717) is 48.0 Å². The number of rotatable bonds is 4. The summed E-state index contributed by atoms with van der Waals surface area (Å²) >= 11 is 1.33. The zero-order valence-corrected chi connectivity index (χ0v) is 15.7. The molecular formula is C19H19FN4O2S. The molecule has 27 heavy (non-hydrogen) atoms. The van der Waals surface area contributed by atoms with E-state index < -0.39 is 0 Å². The molecule has 3 aromatic rings. The van der Waals surface area contributed by atoms with E-state index in [-0.39, 0.29) is 18.3 Å². The second kappa shape index (κ2) is 7.58. The number of aromatic nitrogens is 2. The number of benzene rings is 1. The molecule has 1 amide bonds. The van der Waals surface area contributed by atoms with E-state index in [2.05, 4.69) is 14.9 Å². The number of hydrogen-bond donors (Lipinski definition) is 0. The number of methoxy groups -OCH3 is 1. The highest BCUT2D eigenvalue weighted by atomic mass is 32.1. The lowest BCUT2D eigenvalue weighted by atomic mass is 10.1.